The van der Waals surface area contributed by atoms with Crippen LogP contribution in [0.25, 0.3) is 0 Å². The third kappa shape index (κ3) is 6.43. The first-order valence-electron chi connectivity index (χ1n) is 3.92. The maximum Gasteiger partial charge on any atom is 0.251 e. The summed E-state index contributed by atoms with van der Waals surface area (Å²) in [7, 11) is 0. The Morgan fingerprint density at radius 1 is 1.46 bits per heavy atom. The summed E-state index contributed by atoms with van der Waals surface area (Å²) in [6, 6.07) is 0.350. The molecule has 0 amide bonds. The summed E-state index contributed by atoms with van der Waals surface area (Å²) < 4.78 is 23.8. The molecule has 0 aromatic rings. The molecular weight excluding hydrogens is 221 g/mol. The third-order valence-electron chi connectivity index (χ3n) is 1.85. The SMILES string of the molecule is CC1CN(CC(F)F)CCN1.Cl.Cl. The van der Waals surface area contributed by atoms with Crippen LogP contribution in [0.4, 0.5) is 8.78 Å². The van der Waals surface area contributed by atoms with E-state index in [1.807, 2.05) is 6.92 Å². The molecule has 1 aliphatic rings. The smallest absolute Gasteiger partial charge is 0.251 e. The van der Waals surface area contributed by atoms with Gasteiger partial charge in [0, 0.05) is 25.7 Å². The lowest BCUT2D eigenvalue weighted by Crippen LogP contribution is -2.50. The number of piperazine rings is 1. The molecule has 1 atom stereocenters. The fourth-order valence-electron chi connectivity index (χ4n) is 1.37. The summed E-state index contributed by atoms with van der Waals surface area (Å²) in [5, 5.41) is 3.20. The van der Waals surface area contributed by atoms with E-state index in [0.717, 1.165) is 19.6 Å². The van der Waals surface area contributed by atoms with Crippen molar-refractivity contribution < 1.29 is 8.78 Å². The minimum absolute atomic E-state index is 0. The van der Waals surface area contributed by atoms with Crippen molar-refractivity contribution in [3.8, 4) is 0 Å². The molecule has 1 N–H and O–H groups in total. The number of hydrogen-bond donors (Lipinski definition) is 1. The molecule has 0 radical (unpaired) electrons. The van der Waals surface area contributed by atoms with Crippen LogP contribution in [-0.2, 0) is 0 Å². The molecule has 1 rings (SSSR count). The van der Waals surface area contributed by atoms with Gasteiger partial charge in [-0.05, 0) is 6.92 Å². The van der Waals surface area contributed by atoms with E-state index in [4.69, 9.17) is 0 Å². The van der Waals surface area contributed by atoms with E-state index in [-0.39, 0.29) is 31.4 Å². The Morgan fingerprint density at radius 2 is 2.08 bits per heavy atom. The summed E-state index contributed by atoms with van der Waals surface area (Å²) in [6.07, 6.45) is -2.19. The number of rotatable bonds is 2. The lowest BCUT2D eigenvalue weighted by Gasteiger charge is -2.31. The zero-order chi connectivity index (χ0) is 8.27. The highest BCUT2D eigenvalue weighted by Crippen LogP contribution is 2.02. The van der Waals surface area contributed by atoms with E-state index < -0.39 is 6.43 Å². The Bertz CT molecular complexity index is 125. The van der Waals surface area contributed by atoms with E-state index in [0.29, 0.717) is 6.04 Å². The molecule has 2 nitrogen and oxygen atoms in total. The van der Waals surface area contributed by atoms with Crippen LogP contribution in [0.15, 0.2) is 0 Å². The van der Waals surface area contributed by atoms with Gasteiger partial charge in [-0.1, -0.05) is 0 Å². The molecule has 6 heteroatoms. The Morgan fingerprint density at radius 3 is 2.54 bits per heavy atom. The van der Waals surface area contributed by atoms with Crippen LogP contribution in [-0.4, -0.2) is 43.5 Å². The molecule has 1 heterocycles. The van der Waals surface area contributed by atoms with E-state index in [2.05, 4.69) is 5.32 Å². The summed E-state index contributed by atoms with van der Waals surface area (Å²) >= 11 is 0. The van der Waals surface area contributed by atoms with Crippen molar-refractivity contribution in [2.45, 2.75) is 19.4 Å². The van der Waals surface area contributed by atoms with Gasteiger partial charge < -0.3 is 5.32 Å². The van der Waals surface area contributed by atoms with Crippen LogP contribution in [0.1, 0.15) is 6.92 Å². The molecule has 0 spiro atoms. The second kappa shape index (κ2) is 7.74. The fourth-order valence-corrected chi connectivity index (χ4v) is 1.37. The third-order valence-corrected chi connectivity index (χ3v) is 1.85. The summed E-state index contributed by atoms with van der Waals surface area (Å²) in [4.78, 5) is 1.80. The summed E-state index contributed by atoms with van der Waals surface area (Å²) in [5.41, 5.74) is 0. The Balaban J connectivity index is 0. The fraction of sp³-hybridized carbons (Fsp3) is 1.00. The lowest BCUT2D eigenvalue weighted by atomic mass is 10.2. The molecule has 0 aromatic carbocycles. The van der Waals surface area contributed by atoms with E-state index >= 15 is 0 Å². The van der Waals surface area contributed by atoms with Crippen LogP contribution in [0, 0.1) is 0 Å². The molecule has 0 aliphatic carbocycles. The topological polar surface area (TPSA) is 15.3 Å². The van der Waals surface area contributed by atoms with Gasteiger partial charge in [0.25, 0.3) is 6.43 Å². The van der Waals surface area contributed by atoms with E-state index in [9.17, 15) is 8.78 Å². The van der Waals surface area contributed by atoms with Crippen molar-refractivity contribution >= 4 is 24.8 Å². The number of halogens is 4. The maximum absolute atomic E-state index is 11.9. The first-order chi connectivity index (χ1) is 5.18. The highest BCUT2D eigenvalue weighted by atomic mass is 35.5. The average molecular weight is 237 g/mol. The van der Waals surface area contributed by atoms with Gasteiger partial charge in [0.15, 0.2) is 0 Å². The Hall–Kier alpha value is 0.360. The Labute approximate surface area is 89.9 Å². The van der Waals surface area contributed by atoms with Gasteiger partial charge in [-0.25, -0.2) is 8.78 Å². The van der Waals surface area contributed by atoms with E-state index in [1.54, 1.807) is 4.90 Å². The highest BCUT2D eigenvalue weighted by molar-refractivity contribution is 5.85. The lowest BCUT2D eigenvalue weighted by molar-refractivity contribution is 0.0747. The minimum atomic E-state index is -2.19. The van der Waals surface area contributed by atoms with Crippen molar-refractivity contribution in [3.63, 3.8) is 0 Å². The van der Waals surface area contributed by atoms with Crippen LogP contribution < -0.4 is 5.32 Å². The molecule has 1 aliphatic heterocycles. The Kier molecular flexibility index (Phi) is 9.41. The number of alkyl halides is 2. The monoisotopic (exact) mass is 236 g/mol. The molecular formula is C7H16Cl2F2N2. The quantitative estimate of drug-likeness (QED) is 0.780. The van der Waals surface area contributed by atoms with Gasteiger partial charge in [-0.2, -0.15) is 0 Å². The predicted molar refractivity (Wildman–Crippen MR) is 54.4 cm³/mol. The zero-order valence-electron chi connectivity index (χ0n) is 7.50. The standard InChI is InChI=1S/C7H14F2N2.2ClH/c1-6-4-11(3-2-10-6)5-7(8)9;;/h6-7,10H,2-5H2,1H3;2*1H. The second-order valence-corrected chi connectivity index (χ2v) is 3.01. The van der Waals surface area contributed by atoms with Gasteiger partial charge in [0.2, 0.25) is 0 Å². The largest absolute Gasteiger partial charge is 0.312 e. The molecule has 0 saturated carbocycles. The van der Waals surface area contributed by atoms with Gasteiger partial charge in [0.05, 0.1) is 6.54 Å². The van der Waals surface area contributed by atoms with Crippen LogP contribution >= 0.6 is 24.8 Å². The maximum atomic E-state index is 11.9. The van der Waals surface area contributed by atoms with Crippen molar-refractivity contribution in [1.29, 1.82) is 0 Å². The first-order valence-corrected chi connectivity index (χ1v) is 3.92. The van der Waals surface area contributed by atoms with Crippen LogP contribution in [0.3, 0.4) is 0 Å². The second-order valence-electron chi connectivity index (χ2n) is 3.01. The van der Waals surface area contributed by atoms with Crippen LogP contribution in [0.2, 0.25) is 0 Å². The molecule has 0 bridgehead atoms. The van der Waals surface area contributed by atoms with Crippen LogP contribution in [0.5, 0.6) is 0 Å². The van der Waals surface area contributed by atoms with Crippen molar-refractivity contribution in [2.24, 2.45) is 0 Å². The molecule has 1 saturated heterocycles. The number of hydrogen-bond acceptors (Lipinski definition) is 2. The van der Waals surface area contributed by atoms with Gasteiger partial charge in [0.1, 0.15) is 0 Å². The van der Waals surface area contributed by atoms with Crippen molar-refractivity contribution in [3.05, 3.63) is 0 Å². The molecule has 1 fully saturated rings. The van der Waals surface area contributed by atoms with E-state index in [1.165, 1.54) is 0 Å². The molecule has 1 unspecified atom stereocenters. The highest BCUT2D eigenvalue weighted by Gasteiger charge is 2.18. The molecule has 13 heavy (non-hydrogen) atoms. The zero-order valence-corrected chi connectivity index (χ0v) is 9.14. The normalized spacial score (nSPS) is 23.5. The van der Waals surface area contributed by atoms with Gasteiger partial charge in [-0.3, -0.25) is 4.90 Å². The van der Waals surface area contributed by atoms with Gasteiger partial charge in [-0.15, -0.1) is 24.8 Å². The number of nitrogens with zero attached hydrogens (tertiary/aromatic N) is 1. The molecule has 0 aromatic heterocycles. The van der Waals surface area contributed by atoms with Crippen molar-refractivity contribution in [2.75, 3.05) is 26.2 Å². The molecule has 82 valence electrons. The summed E-state index contributed by atoms with van der Waals surface area (Å²) in [6.45, 7) is 4.25. The minimum Gasteiger partial charge on any atom is -0.312 e. The summed E-state index contributed by atoms with van der Waals surface area (Å²) in [5.74, 6) is 0. The average Bonchev–Trinajstić information content (AvgIpc) is 1.85. The van der Waals surface area contributed by atoms with Gasteiger partial charge >= 0.3 is 0 Å². The van der Waals surface area contributed by atoms with Crippen molar-refractivity contribution in [1.82, 2.24) is 10.2 Å². The number of nitrogens with one attached hydrogen (secondary N) is 1. The first kappa shape index (κ1) is 15.8. The predicted octanol–water partition coefficient (Wildman–Crippen LogP) is 1.39.